The van der Waals surface area contributed by atoms with E-state index in [2.05, 4.69) is 5.32 Å². The standard InChI is InChI=1S/C17H25N3O3.ClH/c1-3-20(17(22)14-8-5-9-15(14)18)11-16(21)19-12-6-4-7-13(10-12)23-2;/h4,6-7,10,14-15H,3,5,8-9,11,18H2,1-2H3,(H,19,21);1H. The molecule has 1 fully saturated rings. The van der Waals surface area contributed by atoms with Gasteiger partial charge in [0.05, 0.1) is 19.6 Å². The van der Waals surface area contributed by atoms with E-state index in [9.17, 15) is 9.59 Å². The number of methoxy groups -OCH3 is 1. The smallest absolute Gasteiger partial charge is 0.243 e. The minimum Gasteiger partial charge on any atom is -0.497 e. The molecule has 0 spiro atoms. The Labute approximate surface area is 149 Å². The summed E-state index contributed by atoms with van der Waals surface area (Å²) >= 11 is 0. The molecule has 1 aliphatic carbocycles. The first kappa shape index (κ1) is 20.3. The fourth-order valence-corrected chi connectivity index (χ4v) is 2.95. The van der Waals surface area contributed by atoms with Crippen molar-refractivity contribution in [3.8, 4) is 5.75 Å². The number of nitrogens with two attached hydrogens (primary N) is 1. The molecule has 24 heavy (non-hydrogen) atoms. The number of nitrogens with one attached hydrogen (secondary N) is 1. The average molecular weight is 356 g/mol. The number of hydrogen-bond acceptors (Lipinski definition) is 4. The fraction of sp³-hybridized carbons (Fsp3) is 0.529. The molecular weight excluding hydrogens is 330 g/mol. The lowest BCUT2D eigenvalue weighted by Gasteiger charge is -2.25. The molecule has 0 radical (unpaired) electrons. The Morgan fingerprint density at radius 1 is 1.38 bits per heavy atom. The van der Waals surface area contributed by atoms with Crippen LogP contribution in [0, 0.1) is 5.92 Å². The van der Waals surface area contributed by atoms with E-state index in [-0.39, 0.29) is 42.7 Å². The van der Waals surface area contributed by atoms with Crippen molar-refractivity contribution >= 4 is 29.9 Å². The third-order valence-electron chi connectivity index (χ3n) is 4.27. The van der Waals surface area contributed by atoms with Crippen LogP contribution in [0.5, 0.6) is 5.75 Å². The maximum absolute atomic E-state index is 12.5. The van der Waals surface area contributed by atoms with Crippen molar-refractivity contribution in [1.29, 1.82) is 0 Å². The van der Waals surface area contributed by atoms with Crippen molar-refractivity contribution in [1.82, 2.24) is 4.90 Å². The van der Waals surface area contributed by atoms with Gasteiger partial charge in [0.25, 0.3) is 0 Å². The number of carbonyl (C=O) groups is 2. The van der Waals surface area contributed by atoms with E-state index in [1.54, 1.807) is 36.3 Å². The lowest BCUT2D eigenvalue weighted by molar-refractivity contribution is -0.138. The normalized spacial score (nSPS) is 19.3. The first-order valence-electron chi connectivity index (χ1n) is 8.03. The van der Waals surface area contributed by atoms with Gasteiger partial charge in [0.1, 0.15) is 5.75 Å². The molecule has 134 valence electrons. The van der Waals surface area contributed by atoms with Crippen molar-refractivity contribution in [2.24, 2.45) is 11.7 Å². The number of hydrogen-bond donors (Lipinski definition) is 2. The first-order valence-corrected chi connectivity index (χ1v) is 8.03. The Balaban J connectivity index is 0.00000288. The fourth-order valence-electron chi connectivity index (χ4n) is 2.95. The summed E-state index contributed by atoms with van der Waals surface area (Å²) in [5.41, 5.74) is 6.65. The second-order valence-corrected chi connectivity index (χ2v) is 5.83. The Hall–Kier alpha value is -1.79. The Kier molecular flexibility index (Phi) is 8.01. The molecule has 0 heterocycles. The number of halogens is 1. The van der Waals surface area contributed by atoms with Crippen LogP contribution < -0.4 is 15.8 Å². The van der Waals surface area contributed by atoms with Gasteiger partial charge in [-0.15, -0.1) is 12.4 Å². The second kappa shape index (κ2) is 9.49. The molecule has 0 aliphatic heterocycles. The van der Waals surface area contributed by atoms with Crippen molar-refractivity contribution < 1.29 is 14.3 Å². The lowest BCUT2D eigenvalue weighted by atomic mass is 10.0. The van der Waals surface area contributed by atoms with Crippen LogP contribution in [0.25, 0.3) is 0 Å². The highest BCUT2D eigenvalue weighted by Crippen LogP contribution is 2.26. The van der Waals surface area contributed by atoms with E-state index in [0.717, 1.165) is 19.3 Å². The van der Waals surface area contributed by atoms with Gasteiger partial charge in [-0.2, -0.15) is 0 Å². The summed E-state index contributed by atoms with van der Waals surface area (Å²) in [5.74, 6) is 0.279. The van der Waals surface area contributed by atoms with E-state index in [4.69, 9.17) is 10.5 Å². The summed E-state index contributed by atoms with van der Waals surface area (Å²) < 4.78 is 5.13. The number of anilines is 1. The van der Waals surface area contributed by atoms with E-state index in [1.807, 2.05) is 6.92 Å². The van der Waals surface area contributed by atoms with Crippen LogP contribution in [0.1, 0.15) is 26.2 Å². The van der Waals surface area contributed by atoms with Gasteiger partial charge in [0.2, 0.25) is 11.8 Å². The number of amides is 2. The minimum absolute atomic E-state index is 0. The molecule has 2 unspecified atom stereocenters. The van der Waals surface area contributed by atoms with Crippen LogP contribution >= 0.6 is 12.4 Å². The molecule has 2 rings (SSSR count). The van der Waals surface area contributed by atoms with Crippen LogP contribution in [0.2, 0.25) is 0 Å². The monoisotopic (exact) mass is 355 g/mol. The average Bonchev–Trinajstić information content (AvgIpc) is 2.98. The molecule has 1 aliphatic rings. The van der Waals surface area contributed by atoms with Crippen LogP contribution in [0.15, 0.2) is 24.3 Å². The third kappa shape index (κ3) is 5.11. The maximum Gasteiger partial charge on any atom is 0.243 e. The maximum atomic E-state index is 12.5. The van der Waals surface area contributed by atoms with Gasteiger partial charge >= 0.3 is 0 Å². The molecule has 0 saturated heterocycles. The van der Waals surface area contributed by atoms with Gasteiger partial charge in [0.15, 0.2) is 0 Å². The molecule has 0 bridgehead atoms. The third-order valence-corrected chi connectivity index (χ3v) is 4.27. The SMILES string of the molecule is CCN(CC(=O)Nc1cccc(OC)c1)C(=O)C1CCCC1N.Cl. The largest absolute Gasteiger partial charge is 0.497 e. The molecule has 6 nitrogen and oxygen atoms in total. The number of carbonyl (C=O) groups excluding carboxylic acids is 2. The first-order chi connectivity index (χ1) is 11.0. The highest BCUT2D eigenvalue weighted by molar-refractivity contribution is 5.95. The number of ether oxygens (including phenoxy) is 1. The molecule has 7 heteroatoms. The predicted molar refractivity (Wildman–Crippen MR) is 96.4 cm³/mol. The van der Waals surface area contributed by atoms with Crippen LogP contribution in [0.4, 0.5) is 5.69 Å². The molecule has 0 aromatic heterocycles. The highest BCUT2D eigenvalue weighted by Gasteiger charge is 2.33. The molecule has 3 N–H and O–H groups in total. The lowest BCUT2D eigenvalue weighted by Crippen LogP contribution is -2.44. The minimum atomic E-state index is -0.222. The molecular formula is C17H26ClN3O3. The van der Waals surface area contributed by atoms with Gasteiger partial charge < -0.3 is 20.7 Å². The number of benzene rings is 1. The number of rotatable bonds is 6. The van der Waals surface area contributed by atoms with E-state index >= 15 is 0 Å². The Morgan fingerprint density at radius 2 is 2.12 bits per heavy atom. The van der Waals surface area contributed by atoms with E-state index < -0.39 is 0 Å². The molecule has 1 aromatic carbocycles. The van der Waals surface area contributed by atoms with Crippen molar-refractivity contribution in [3.05, 3.63) is 24.3 Å². The van der Waals surface area contributed by atoms with Gasteiger partial charge in [-0.1, -0.05) is 12.5 Å². The van der Waals surface area contributed by atoms with Crippen molar-refractivity contribution in [2.45, 2.75) is 32.2 Å². The topological polar surface area (TPSA) is 84.7 Å². The summed E-state index contributed by atoms with van der Waals surface area (Å²) in [6.45, 7) is 2.40. The summed E-state index contributed by atoms with van der Waals surface area (Å²) in [7, 11) is 1.57. The molecule has 2 atom stereocenters. The number of nitrogens with zero attached hydrogens (tertiary/aromatic N) is 1. The quantitative estimate of drug-likeness (QED) is 0.817. The van der Waals surface area contributed by atoms with Crippen LogP contribution in [-0.4, -0.2) is 43.0 Å². The summed E-state index contributed by atoms with van der Waals surface area (Å²) in [4.78, 5) is 26.3. The zero-order valence-electron chi connectivity index (χ0n) is 14.2. The van der Waals surface area contributed by atoms with Gasteiger partial charge in [-0.25, -0.2) is 0 Å². The van der Waals surface area contributed by atoms with Crippen molar-refractivity contribution in [3.63, 3.8) is 0 Å². The van der Waals surface area contributed by atoms with E-state index in [0.29, 0.717) is 18.0 Å². The zero-order valence-corrected chi connectivity index (χ0v) is 15.0. The molecule has 1 saturated carbocycles. The van der Waals surface area contributed by atoms with Crippen LogP contribution in [0.3, 0.4) is 0 Å². The van der Waals surface area contributed by atoms with E-state index in [1.165, 1.54) is 0 Å². The van der Waals surface area contributed by atoms with Gasteiger partial charge in [-0.05, 0) is 31.9 Å². The second-order valence-electron chi connectivity index (χ2n) is 5.83. The van der Waals surface area contributed by atoms with Crippen molar-refractivity contribution in [2.75, 3.05) is 25.5 Å². The summed E-state index contributed by atoms with van der Waals surface area (Å²) in [6.07, 6.45) is 2.67. The van der Waals surface area contributed by atoms with Gasteiger partial charge in [-0.3, -0.25) is 9.59 Å². The Bertz CT molecular complexity index is 568. The van der Waals surface area contributed by atoms with Gasteiger partial charge in [0, 0.05) is 24.3 Å². The summed E-state index contributed by atoms with van der Waals surface area (Å²) in [6, 6.07) is 7.04. The predicted octanol–water partition coefficient (Wildman–Crippen LogP) is 2.03. The number of likely N-dealkylation sites (N-methyl/N-ethyl adjacent to an activating group) is 1. The molecule has 1 aromatic rings. The Morgan fingerprint density at radius 3 is 2.71 bits per heavy atom. The highest BCUT2D eigenvalue weighted by atomic mass is 35.5. The molecule has 2 amide bonds. The van der Waals surface area contributed by atoms with Crippen LogP contribution in [-0.2, 0) is 9.59 Å². The summed E-state index contributed by atoms with van der Waals surface area (Å²) in [5, 5.41) is 2.79. The zero-order chi connectivity index (χ0) is 16.8.